The number of carbonyl (C=O) groups excluding carboxylic acids is 1. The third-order valence-corrected chi connectivity index (χ3v) is 2.15. The maximum Gasteiger partial charge on any atom is 0.416 e. The van der Waals surface area contributed by atoms with Crippen LogP contribution in [-0.2, 0) is 0 Å². The van der Waals surface area contributed by atoms with E-state index < -0.39 is 12.0 Å². The van der Waals surface area contributed by atoms with Gasteiger partial charge in [-0.15, -0.1) is 0 Å². The molecule has 0 atom stereocenters. The van der Waals surface area contributed by atoms with Gasteiger partial charge in [0.15, 0.2) is 0 Å². The molecule has 2 aromatic rings. The molecule has 1 aromatic carbocycles. The van der Waals surface area contributed by atoms with Crippen LogP contribution in [0.15, 0.2) is 30.3 Å². The zero-order chi connectivity index (χ0) is 11.0. The summed E-state index contributed by atoms with van der Waals surface area (Å²) >= 11 is 0. The Balaban J connectivity index is 2.86. The van der Waals surface area contributed by atoms with Gasteiger partial charge in [0.2, 0.25) is 0 Å². The van der Waals surface area contributed by atoms with Gasteiger partial charge in [-0.05, 0) is 12.1 Å². The average Bonchev–Trinajstić information content (AvgIpc) is 2.56. The Morgan fingerprint density at radius 2 is 1.93 bits per heavy atom. The van der Waals surface area contributed by atoms with E-state index in [1.807, 2.05) is 0 Å². The van der Waals surface area contributed by atoms with Crippen molar-refractivity contribution in [2.45, 2.75) is 0 Å². The number of para-hydroxylation sites is 1. The molecule has 1 amide bonds. The molecule has 0 radical (unpaired) electrons. The van der Waals surface area contributed by atoms with Crippen LogP contribution in [0.5, 0.6) is 0 Å². The Kier molecular flexibility index (Phi) is 1.93. The number of amides is 1. The van der Waals surface area contributed by atoms with Crippen molar-refractivity contribution < 1.29 is 14.7 Å². The molecular weight excluding hydrogens is 196 g/mol. The van der Waals surface area contributed by atoms with E-state index in [-0.39, 0.29) is 5.69 Å². The Labute approximate surface area is 84.7 Å². The molecule has 1 aromatic heterocycles. The second kappa shape index (κ2) is 3.13. The lowest BCUT2D eigenvalue weighted by Gasteiger charge is -2.00. The third-order valence-electron chi connectivity index (χ3n) is 2.15. The van der Waals surface area contributed by atoms with Gasteiger partial charge in [0, 0.05) is 5.39 Å². The number of carboxylic acid groups (broad SMARTS) is 1. The first-order valence-electron chi connectivity index (χ1n) is 4.25. The number of rotatable bonds is 1. The normalized spacial score (nSPS) is 10.4. The molecular formula is C10H8N2O3. The van der Waals surface area contributed by atoms with Crippen LogP contribution in [0.1, 0.15) is 10.5 Å². The molecule has 5 nitrogen and oxygen atoms in total. The first kappa shape index (κ1) is 9.26. The molecule has 15 heavy (non-hydrogen) atoms. The average molecular weight is 204 g/mol. The molecule has 1 heterocycles. The number of fused-ring (bicyclic) bond motifs is 1. The first-order valence-corrected chi connectivity index (χ1v) is 4.25. The van der Waals surface area contributed by atoms with E-state index in [0.717, 1.165) is 4.57 Å². The molecule has 0 bridgehead atoms. The zero-order valence-corrected chi connectivity index (χ0v) is 7.68. The Bertz CT molecular complexity index is 557. The molecule has 3 N–H and O–H groups in total. The van der Waals surface area contributed by atoms with Crippen molar-refractivity contribution in [2.24, 2.45) is 5.73 Å². The Morgan fingerprint density at radius 1 is 1.27 bits per heavy atom. The number of hydrogen-bond donors (Lipinski definition) is 2. The SMILES string of the molecule is NC(=O)c1cc2ccccc2n1C(=O)O. The second-order valence-electron chi connectivity index (χ2n) is 3.07. The number of hydrogen-bond acceptors (Lipinski definition) is 2. The fourth-order valence-electron chi connectivity index (χ4n) is 1.54. The van der Waals surface area contributed by atoms with Gasteiger partial charge in [-0.2, -0.15) is 0 Å². The third kappa shape index (κ3) is 1.34. The summed E-state index contributed by atoms with van der Waals surface area (Å²) in [5, 5.41) is 9.63. The van der Waals surface area contributed by atoms with E-state index in [1.54, 1.807) is 24.3 Å². The van der Waals surface area contributed by atoms with Crippen molar-refractivity contribution in [1.29, 1.82) is 0 Å². The highest BCUT2D eigenvalue weighted by Crippen LogP contribution is 2.18. The van der Waals surface area contributed by atoms with Crippen LogP contribution in [0.2, 0.25) is 0 Å². The zero-order valence-electron chi connectivity index (χ0n) is 7.68. The van der Waals surface area contributed by atoms with Gasteiger partial charge in [0.05, 0.1) is 5.52 Å². The molecule has 0 aliphatic heterocycles. The van der Waals surface area contributed by atoms with E-state index in [1.165, 1.54) is 6.07 Å². The van der Waals surface area contributed by atoms with Crippen molar-refractivity contribution in [3.05, 3.63) is 36.0 Å². The summed E-state index contributed by atoms with van der Waals surface area (Å²) in [5.41, 5.74) is 5.53. The summed E-state index contributed by atoms with van der Waals surface area (Å²) in [5.74, 6) is -0.756. The van der Waals surface area contributed by atoms with E-state index in [4.69, 9.17) is 10.8 Å². The van der Waals surface area contributed by atoms with Gasteiger partial charge >= 0.3 is 6.09 Å². The lowest BCUT2D eigenvalue weighted by molar-refractivity contribution is 0.0990. The molecule has 2 rings (SSSR count). The minimum atomic E-state index is -1.22. The molecule has 0 aliphatic carbocycles. The Morgan fingerprint density at radius 3 is 2.53 bits per heavy atom. The maximum absolute atomic E-state index is 11.0. The second-order valence-corrected chi connectivity index (χ2v) is 3.07. The highest BCUT2D eigenvalue weighted by Gasteiger charge is 2.16. The summed E-state index contributed by atoms with van der Waals surface area (Å²) in [6, 6.07) is 8.27. The monoisotopic (exact) mass is 204 g/mol. The van der Waals surface area contributed by atoms with Crippen molar-refractivity contribution in [3.63, 3.8) is 0 Å². The van der Waals surface area contributed by atoms with E-state index in [2.05, 4.69) is 0 Å². The summed E-state index contributed by atoms with van der Waals surface area (Å²) < 4.78 is 0.887. The van der Waals surface area contributed by atoms with Gasteiger partial charge in [-0.3, -0.25) is 4.79 Å². The van der Waals surface area contributed by atoms with Crippen molar-refractivity contribution in [2.75, 3.05) is 0 Å². The number of carbonyl (C=O) groups is 2. The van der Waals surface area contributed by atoms with Crippen LogP contribution in [0.4, 0.5) is 4.79 Å². The van der Waals surface area contributed by atoms with Gasteiger partial charge in [-0.1, -0.05) is 18.2 Å². The molecule has 0 unspecified atom stereocenters. The van der Waals surface area contributed by atoms with Crippen molar-refractivity contribution in [3.8, 4) is 0 Å². The minimum Gasteiger partial charge on any atom is -0.464 e. The van der Waals surface area contributed by atoms with Crippen LogP contribution in [-0.4, -0.2) is 21.7 Å². The van der Waals surface area contributed by atoms with Crippen molar-refractivity contribution >= 4 is 22.9 Å². The van der Waals surface area contributed by atoms with Crippen LogP contribution >= 0.6 is 0 Å². The lowest BCUT2D eigenvalue weighted by atomic mass is 10.2. The number of primary amides is 1. The topological polar surface area (TPSA) is 85.3 Å². The predicted molar refractivity (Wildman–Crippen MR) is 53.9 cm³/mol. The minimum absolute atomic E-state index is 0.0244. The molecule has 0 saturated carbocycles. The van der Waals surface area contributed by atoms with Crippen LogP contribution in [0, 0.1) is 0 Å². The summed E-state index contributed by atoms with van der Waals surface area (Å²) in [4.78, 5) is 22.0. The number of nitrogens with zero attached hydrogens (tertiary/aromatic N) is 1. The van der Waals surface area contributed by atoms with Gasteiger partial charge in [0.1, 0.15) is 5.69 Å². The molecule has 0 saturated heterocycles. The molecule has 5 heteroatoms. The van der Waals surface area contributed by atoms with E-state index in [0.29, 0.717) is 10.9 Å². The largest absolute Gasteiger partial charge is 0.464 e. The van der Waals surface area contributed by atoms with Gasteiger partial charge < -0.3 is 10.8 Å². The van der Waals surface area contributed by atoms with Crippen molar-refractivity contribution in [1.82, 2.24) is 4.57 Å². The smallest absolute Gasteiger partial charge is 0.416 e. The van der Waals surface area contributed by atoms with E-state index >= 15 is 0 Å². The predicted octanol–water partition coefficient (Wildman–Crippen LogP) is 1.27. The lowest BCUT2D eigenvalue weighted by Crippen LogP contribution is -2.20. The number of nitrogens with two attached hydrogens (primary N) is 1. The fraction of sp³-hybridized carbons (Fsp3) is 0. The van der Waals surface area contributed by atoms with Gasteiger partial charge in [0.25, 0.3) is 5.91 Å². The summed E-state index contributed by atoms with van der Waals surface area (Å²) in [7, 11) is 0. The quantitative estimate of drug-likeness (QED) is 0.733. The number of aromatic nitrogens is 1. The highest BCUT2D eigenvalue weighted by atomic mass is 16.4. The Hall–Kier alpha value is -2.30. The number of benzene rings is 1. The molecule has 0 spiro atoms. The van der Waals surface area contributed by atoms with Crippen LogP contribution < -0.4 is 5.73 Å². The molecule has 0 aliphatic rings. The van der Waals surface area contributed by atoms with Crippen LogP contribution in [0.3, 0.4) is 0 Å². The maximum atomic E-state index is 11.0. The highest BCUT2D eigenvalue weighted by molar-refractivity contribution is 6.02. The molecule has 0 fully saturated rings. The summed E-state index contributed by atoms with van der Waals surface area (Å²) in [6.07, 6.45) is -1.22. The van der Waals surface area contributed by atoms with Crippen LogP contribution in [0.25, 0.3) is 10.9 Å². The summed E-state index contributed by atoms with van der Waals surface area (Å²) in [6.45, 7) is 0. The standard InChI is InChI=1S/C10H8N2O3/c11-9(13)8-5-6-3-1-2-4-7(6)12(8)10(14)15/h1-5H,(H2,11,13)(H,14,15). The fourth-order valence-corrected chi connectivity index (χ4v) is 1.54. The van der Waals surface area contributed by atoms with E-state index in [9.17, 15) is 9.59 Å². The van der Waals surface area contributed by atoms with Gasteiger partial charge in [-0.25, -0.2) is 9.36 Å². The first-order chi connectivity index (χ1) is 7.11. The molecule has 76 valence electrons.